The van der Waals surface area contributed by atoms with Crippen LogP contribution in [0.1, 0.15) is 47.3 Å². The van der Waals surface area contributed by atoms with E-state index in [0.29, 0.717) is 22.8 Å². The van der Waals surface area contributed by atoms with Gasteiger partial charge in [-0.25, -0.2) is 9.97 Å². The summed E-state index contributed by atoms with van der Waals surface area (Å²) in [7, 11) is 0. The van der Waals surface area contributed by atoms with Crippen LogP contribution in [0.5, 0.6) is 0 Å². The normalized spacial score (nSPS) is 11.9. The zero-order valence-corrected chi connectivity index (χ0v) is 20.0. The van der Waals surface area contributed by atoms with E-state index in [4.69, 9.17) is 4.98 Å². The lowest BCUT2D eigenvalue weighted by Crippen LogP contribution is -2.26. The van der Waals surface area contributed by atoms with Gasteiger partial charge in [0.05, 0.1) is 28.5 Å². The Balaban J connectivity index is 1.63. The van der Waals surface area contributed by atoms with E-state index in [1.807, 2.05) is 11.3 Å². The summed E-state index contributed by atoms with van der Waals surface area (Å²) in [6, 6.07) is 7.58. The van der Waals surface area contributed by atoms with E-state index >= 15 is 0 Å². The van der Waals surface area contributed by atoms with Crippen molar-refractivity contribution in [1.29, 1.82) is 0 Å². The molecule has 4 aromatic rings. The summed E-state index contributed by atoms with van der Waals surface area (Å²) < 4.78 is 40.7. The summed E-state index contributed by atoms with van der Waals surface area (Å²) >= 11 is 0. The van der Waals surface area contributed by atoms with Crippen LogP contribution in [0.3, 0.4) is 0 Å². The molecule has 0 radical (unpaired) electrons. The maximum atomic E-state index is 12.9. The van der Waals surface area contributed by atoms with Crippen molar-refractivity contribution >= 4 is 23.1 Å². The minimum Gasteiger partial charge on any atom is -0.336 e. The number of hydrogen-bond acceptors (Lipinski definition) is 5. The molecule has 0 aliphatic carbocycles. The highest BCUT2D eigenvalue weighted by Crippen LogP contribution is 2.31. The third-order valence-corrected chi connectivity index (χ3v) is 5.49. The number of pyridine rings is 1. The lowest BCUT2D eigenvalue weighted by Gasteiger charge is -2.10. The highest BCUT2D eigenvalue weighted by molar-refractivity contribution is 6.04. The van der Waals surface area contributed by atoms with E-state index < -0.39 is 29.6 Å². The monoisotopic (exact) mass is 506 g/mol. The van der Waals surface area contributed by atoms with Crippen LogP contribution in [0.25, 0.3) is 16.8 Å². The SMILES string of the molecule is CC#CC(=O)NC(C)c1nc(-c2ccc(C(=O)Nc3cc(C(F)(F)F)ccn3)cc2)c2c(C)nccn12. The van der Waals surface area contributed by atoms with Crippen LogP contribution in [-0.2, 0) is 11.0 Å². The molecule has 0 saturated carbocycles. The zero-order valence-electron chi connectivity index (χ0n) is 20.0. The van der Waals surface area contributed by atoms with Gasteiger partial charge in [0.25, 0.3) is 11.8 Å². The number of rotatable bonds is 5. The molecular weight excluding hydrogens is 485 g/mol. The molecule has 0 saturated heterocycles. The van der Waals surface area contributed by atoms with Gasteiger partial charge in [-0.1, -0.05) is 18.1 Å². The summed E-state index contributed by atoms with van der Waals surface area (Å²) in [5, 5.41) is 5.17. The number of nitrogens with one attached hydrogen (secondary N) is 2. The highest BCUT2D eigenvalue weighted by Gasteiger charge is 2.31. The number of halogens is 3. The van der Waals surface area contributed by atoms with Crippen LogP contribution in [0.15, 0.2) is 55.0 Å². The van der Waals surface area contributed by atoms with Crippen molar-refractivity contribution in [3.63, 3.8) is 0 Å². The van der Waals surface area contributed by atoms with Crippen LogP contribution < -0.4 is 10.6 Å². The molecule has 3 aromatic heterocycles. The molecule has 188 valence electrons. The minimum absolute atomic E-state index is 0.209. The molecule has 0 fully saturated rings. The number of fused-ring (bicyclic) bond motifs is 1. The Bertz CT molecular complexity index is 1550. The molecule has 1 aromatic carbocycles. The summed E-state index contributed by atoms with van der Waals surface area (Å²) in [6.07, 6.45) is -0.191. The van der Waals surface area contributed by atoms with Crippen LogP contribution in [0.4, 0.5) is 19.0 Å². The van der Waals surface area contributed by atoms with Crippen molar-refractivity contribution in [2.75, 3.05) is 5.32 Å². The fraction of sp³-hybridized carbons (Fsp3) is 0.192. The third-order valence-electron chi connectivity index (χ3n) is 5.49. The molecule has 2 N–H and O–H groups in total. The quantitative estimate of drug-likeness (QED) is 0.386. The van der Waals surface area contributed by atoms with Crippen LogP contribution in [-0.4, -0.2) is 31.2 Å². The fourth-order valence-corrected chi connectivity index (χ4v) is 3.78. The summed E-state index contributed by atoms with van der Waals surface area (Å²) in [5.41, 5.74) is 2.02. The number of hydrogen-bond donors (Lipinski definition) is 2. The Morgan fingerprint density at radius 3 is 2.49 bits per heavy atom. The second-order valence-electron chi connectivity index (χ2n) is 8.08. The molecule has 8 nitrogen and oxygen atoms in total. The molecule has 0 aliphatic heterocycles. The maximum Gasteiger partial charge on any atom is 0.416 e. The number of carbonyl (C=O) groups is 2. The fourth-order valence-electron chi connectivity index (χ4n) is 3.78. The summed E-state index contributed by atoms with van der Waals surface area (Å²) in [5.74, 6) is 4.32. The second-order valence-corrected chi connectivity index (χ2v) is 8.08. The largest absolute Gasteiger partial charge is 0.416 e. The molecule has 1 unspecified atom stereocenters. The number of imidazole rings is 1. The Morgan fingerprint density at radius 1 is 1.08 bits per heavy atom. The van der Waals surface area contributed by atoms with Gasteiger partial charge in [-0.3, -0.25) is 19.0 Å². The van der Waals surface area contributed by atoms with Gasteiger partial charge in [-0.05, 0) is 51.0 Å². The minimum atomic E-state index is -4.55. The predicted molar refractivity (Wildman–Crippen MR) is 130 cm³/mol. The van der Waals surface area contributed by atoms with Crippen molar-refractivity contribution in [1.82, 2.24) is 24.7 Å². The third kappa shape index (κ3) is 5.43. The van der Waals surface area contributed by atoms with Crippen LogP contribution in [0, 0.1) is 18.8 Å². The predicted octanol–water partition coefficient (Wildman–Crippen LogP) is 4.57. The Labute approximate surface area is 210 Å². The number of carbonyl (C=O) groups excluding carboxylic acids is 2. The average Bonchev–Trinajstić information content (AvgIpc) is 3.25. The number of amides is 2. The zero-order chi connectivity index (χ0) is 26.7. The molecule has 11 heteroatoms. The standard InChI is InChI=1S/C26H21F3N6O2/c1-4-5-21(36)32-16(3)24-34-22(23-15(2)30-12-13-35(23)24)17-6-8-18(9-7-17)25(37)33-20-14-19(10-11-31-20)26(27,28)29/h6-14,16H,1-3H3,(H,32,36)(H,31,33,37). The maximum absolute atomic E-state index is 12.9. The number of aromatic nitrogens is 4. The molecule has 4 rings (SSSR count). The topological polar surface area (TPSA) is 101 Å². The first-order valence-electron chi connectivity index (χ1n) is 11.1. The van der Waals surface area contributed by atoms with Gasteiger partial charge in [0.2, 0.25) is 0 Å². The summed E-state index contributed by atoms with van der Waals surface area (Å²) in [4.78, 5) is 37.5. The molecule has 2 amide bonds. The number of benzene rings is 1. The Morgan fingerprint density at radius 2 is 1.81 bits per heavy atom. The van der Waals surface area contributed by atoms with Crippen LogP contribution >= 0.6 is 0 Å². The van der Waals surface area contributed by atoms with E-state index in [1.165, 1.54) is 12.1 Å². The van der Waals surface area contributed by atoms with Crippen molar-refractivity contribution in [2.24, 2.45) is 0 Å². The summed E-state index contributed by atoms with van der Waals surface area (Å²) in [6.45, 7) is 5.20. The molecule has 0 bridgehead atoms. The number of alkyl halides is 3. The number of aryl methyl sites for hydroxylation is 1. The lowest BCUT2D eigenvalue weighted by atomic mass is 10.1. The first-order valence-corrected chi connectivity index (χ1v) is 11.1. The van der Waals surface area contributed by atoms with E-state index in [9.17, 15) is 22.8 Å². The smallest absolute Gasteiger partial charge is 0.336 e. The van der Waals surface area contributed by atoms with Gasteiger partial charge >= 0.3 is 6.18 Å². The van der Waals surface area contributed by atoms with Gasteiger partial charge < -0.3 is 10.6 Å². The van der Waals surface area contributed by atoms with Gasteiger partial charge in [0.15, 0.2) is 0 Å². The highest BCUT2D eigenvalue weighted by atomic mass is 19.4. The van der Waals surface area contributed by atoms with E-state index in [0.717, 1.165) is 23.8 Å². The molecular formula is C26H21F3N6O2. The molecule has 0 spiro atoms. The van der Waals surface area contributed by atoms with E-state index in [1.54, 1.807) is 38.4 Å². The van der Waals surface area contributed by atoms with Crippen LogP contribution in [0.2, 0.25) is 0 Å². The Kier molecular flexibility index (Phi) is 6.93. The Hall–Kier alpha value is -4.72. The van der Waals surface area contributed by atoms with Crippen molar-refractivity contribution < 1.29 is 22.8 Å². The number of anilines is 1. The molecule has 0 aliphatic rings. The average molecular weight is 506 g/mol. The first kappa shape index (κ1) is 25.4. The lowest BCUT2D eigenvalue weighted by molar-refractivity contribution is -0.137. The van der Waals surface area contributed by atoms with Gasteiger partial charge in [-0.2, -0.15) is 13.2 Å². The number of nitrogens with zero attached hydrogens (tertiary/aromatic N) is 4. The van der Waals surface area contributed by atoms with E-state index in [-0.39, 0.29) is 11.4 Å². The van der Waals surface area contributed by atoms with Gasteiger partial charge in [0, 0.05) is 29.7 Å². The second kappa shape index (κ2) is 10.1. The van der Waals surface area contributed by atoms with Crippen molar-refractivity contribution in [2.45, 2.75) is 33.0 Å². The van der Waals surface area contributed by atoms with E-state index in [2.05, 4.69) is 32.4 Å². The molecule has 3 heterocycles. The first-order chi connectivity index (χ1) is 17.6. The molecule has 37 heavy (non-hydrogen) atoms. The van der Waals surface area contributed by atoms with Gasteiger partial charge in [-0.15, -0.1) is 0 Å². The molecule has 1 atom stereocenters. The van der Waals surface area contributed by atoms with Crippen molar-refractivity contribution in [3.8, 4) is 23.1 Å². The van der Waals surface area contributed by atoms with Gasteiger partial charge in [0.1, 0.15) is 11.6 Å². The van der Waals surface area contributed by atoms with Crippen molar-refractivity contribution in [3.05, 3.63) is 77.6 Å².